The number of nitrogens with one attached hydrogen (secondary N) is 1. The zero-order chi connectivity index (χ0) is 22.5. The fourth-order valence-corrected chi connectivity index (χ4v) is 4.90. The lowest BCUT2D eigenvalue weighted by molar-refractivity contribution is 0.0928. The Morgan fingerprint density at radius 2 is 1.81 bits per heavy atom. The third-order valence-electron chi connectivity index (χ3n) is 6.91. The largest absolute Gasteiger partial charge is 0.383 e. The standard InChI is InChI=1S/C25H32F2N4O/c26-13-22(14-27)31-11-10-19(16-31)17-6-8-18(9-7-17)20-12-23(24(28)29-15-20)25(32)30-21-4-2-1-3-5-21/h6-9,12,15,19,21-22H,1-5,10-11,13-14,16H2,(H2,28,29)(H,30,32). The number of hydrogen-bond donors (Lipinski definition) is 2. The maximum absolute atomic E-state index is 13.0. The molecule has 1 aliphatic carbocycles. The molecule has 0 bridgehead atoms. The summed E-state index contributed by atoms with van der Waals surface area (Å²) in [4.78, 5) is 19.0. The topological polar surface area (TPSA) is 71.2 Å². The van der Waals surface area contributed by atoms with Crippen LogP contribution in [0, 0.1) is 0 Å². The van der Waals surface area contributed by atoms with Crippen molar-refractivity contribution in [2.45, 2.75) is 56.5 Å². The van der Waals surface area contributed by atoms with Crippen LogP contribution in [0.1, 0.15) is 60.4 Å². The van der Waals surface area contributed by atoms with Crippen molar-refractivity contribution in [3.05, 3.63) is 47.7 Å². The van der Waals surface area contributed by atoms with Crippen LogP contribution in [0.3, 0.4) is 0 Å². The van der Waals surface area contributed by atoms with Crippen LogP contribution in [0.4, 0.5) is 14.6 Å². The fraction of sp³-hybridized carbons (Fsp3) is 0.520. The minimum atomic E-state index is -0.650. The molecule has 3 N–H and O–H groups in total. The van der Waals surface area contributed by atoms with E-state index in [9.17, 15) is 13.6 Å². The Labute approximate surface area is 188 Å². The Hall–Kier alpha value is -2.54. The Kier molecular flexibility index (Phi) is 7.35. The molecule has 2 heterocycles. The summed E-state index contributed by atoms with van der Waals surface area (Å²) in [5, 5.41) is 3.11. The van der Waals surface area contributed by atoms with Gasteiger partial charge >= 0.3 is 0 Å². The SMILES string of the molecule is Nc1ncc(-c2ccc(C3CCN(C(CF)CF)C3)cc2)cc1C(=O)NC1CCCCC1. The van der Waals surface area contributed by atoms with Crippen LogP contribution >= 0.6 is 0 Å². The van der Waals surface area contributed by atoms with E-state index in [0.717, 1.165) is 48.8 Å². The van der Waals surface area contributed by atoms with Crippen molar-refractivity contribution in [3.63, 3.8) is 0 Å². The molecular formula is C25H32F2N4O. The van der Waals surface area contributed by atoms with Gasteiger partial charge in [0, 0.05) is 24.3 Å². The highest BCUT2D eigenvalue weighted by molar-refractivity contribution is 5.99. The molecule has 1 unspecified atom stereocenters. The molecule has 1 aliphatic heterocycles. The molecule has 1 saturated heterocycles. The Balaban J connectivity index is 1.45. The number of amides is 1. The summed E-state index contributed by atoms with van der Waals surface area (Å²) in [5.74, 6) is 0.340. The third-order valence-corrected chi connectivity index (χ3v) is 6.91. The third kappa shape index (κ3) is 5.09. The number of nitrogens with two attached hydrogens (primary N) is 1. The van der Waals surface area contributed by atoms with Crippen LogP contribution in [0.25, 0.3) is 11.1 Å². The molecule has 1 saturated carbocycles. The number of benzene rings is 1. The second-order valence-electron chi connectivity index (χ2n) is 9.03. The molecule has 0 spiro atoms. The Bertz CT molecular complexity index is 911. The first-order chi connectivity index (χ1) is 15.6. The summed E-state index contributed by atoms with van der Waals surface area (Å²) >= 11 is 0. The van der Waals surface area contributed by atoms with Crippen molar-refractivity contribution in [1.82, 2.24) is 15.2 Å². The second-order valence-corrected chi connectivity index (χ2v) is 9.03. The first kappa shape index (κ1) is 22.6. The lowest BCUT2D eigenvalue weighted by atomic mass is 9.94. The molecule has 5 nitrogen and oxygen atoms in total. The van der Waals surface area contributed by atoms with Crippen LogP contribution in [-0.4, -0.2) is 54.3 Å². The highest BCUT2D eigenvalue weighted by atomic mass is 19.1. The number of alkyl halides is 2. The van der Waals surface area contributed by atoms with Gasteiger partial charge in [-0.05, 0) is 48.9 Å². The molecule has 172 valence electrons. The molecule has 2 aliphatic rings. The lowest BCUT2D eigenvalue weighted by Crippen LogP contribution is -2.36. The fourth-order valence-electron chi connectivity index (χ4n) is 4.90. The summed E-state index contributed by atoms with van der Waals surface area (Å²) in [5.41, 5.74) is 9.37. The van der Waals surface area contributed by atoms with Gasteiger partial charge in [-0.15, -0.1) is 0 Å². The van der Waals surface area contributed by atoms with E-state index in [2.05, 4.69) is 22.4 Å². The van der Waals surface area contributed by atoms with E-state index >= 15 is 0 Å². The van der Waals surface area contributed by atoms with Gasteiger partial charge in [0.05, 0.1) is 11.6 Å². The number of rotatable bonds is 7. The quantitative estimate of drug-likeness (QED) is 0.663. The highest BCUT2D eigenvalue weighted by Crippen LogP contribution is 2.31. The molecule has 2 fully saturated rings. The minimum Gasteiger partial charge on any atom is -0.383 e. The maximum atomic E-state index is 13.0. The minimum absolute atomic E-state index is 0.165. The molecule has 2 aromatic rings. The number of likely N-dealkylation sites (tertiary alicyclic amines) is 1. The van der Waals surface area contributed by atoms with Crippen LogP contribution in [0.15, 0.2) is 36.5 Å². The lowest BCUT2D eigenvalue weighted by Gasteiger charge is -2.23. The van der Waals surface area contributed by atoms with Crippen molar-refractivity contribution in [2.75, 3.05) is 32.2 Å². The molecule has 1 amide bonds. The molecule has 32 heavy (non-hydrogen) atoms. The van der Waals surface area contributed by atoms with Gasteiger partial charge in [0.2, 0.25) is 0 Å². The highest BCUT2D eigenvalue weighted by Gasteiger charge is 2.29. The van der Waals surface area contributed by atoms with Gasteiger partial charge in [-0.25, -0.2) is 13.8 Å². The summed E-state index contributed by atoms with van der Waals surface area (Å²) in [6.45, 7) is 0.0882. The van der Waals surface area contributed by atoms with Gasteiger partial charge in [0.15, 0.2) is 0 Å². The van der Waals surface area contributed by atoms with Crippen molar-refractivity contribution in [2.24, 2.45) is 0 Å². The average Bonchev–Trinajstić information content (AvgIpc) is 3.31. The van der Waals surface area contributed by atoms with Crippen molar-refractivity contribution < 1.29 is 13.6 Å². The zero-order valence-electron chi connectivity index (χ0n) is 18.4. The number of nitrogens with zero attached hydrogens (tertiary/aromatic N) is 2. The monoisotopic (exact) mass is 442 g/mol. The number of carbonyl (C=O) groups excluding carboxylic acids is 1. The normalized spacial score (nSPS) is 20.0. The van der Waals surface area contributed by atoms with Crippen LogP contribution < -0.4 is 11.1 Å². The second kappa shape index (κ2) is 10.4. The maximum Gasteiger partial charge on any atom is 0.255 e. The molecule has 1 aromatic carbocycles. The molecule has 1 aromatic heterocycles. The van der Waals surface area contributed by atoms with Gasteiger partial charge < -0.3 is 11.1 Å². The number of halogens is 2. The number of pyridine rings is 1. The van der Waals surface area contributed by atoms with E-state index in [4.69, 9.17) is 5.73 Å². The number of hydrogen-bond acceptors (Lipinski definition) is 4. The van der Waals surface area contributed by atoms with E-state index < -0.39 is 19.4 Å². The first-order valence-corrected chi connectivity index (χ1v) is 11.6. The van der Waals surface area contributed by atoms with Crippen LogP contribution in [-0.2, 0) is 0 Å². The van der Waals surface area contributed by atoms with E-state index in [-0.39, 0.29) is 23.7 Å². The number of anilines is 1. The van der Waals surface area contributed by atoms with Gasteiger partial charge in [0.25, 0.3) is 5.91 Å². The summed E-state index contributed by atoms with van der Waals surface area (Å²) in [7, 11) is 0. The van der Waals surface area contributed by atoms with E-state index in [1.54, 1.807) is 12.3 Å². The van der Waals surface area contributed by atoms with Crippen molar-refractivity contribution in [3.8, 4) is 11.1 Å². The van der Waals surface area contributed by atoms with E-state index in [0.29, 0.717) is 18.7 Å². The Morgan fingerprint density at radius 3 is 2.50 bits per heavy atom. The van der Waals surface area contributed by atoms with Crippen molar-refractivity contribution in [1.29, 1.82) is 0 Å². The van der Waals surface area contributed by atoms with E-state index in [1.165, 1.54) is 6.42 Å². The summed E-state index contributed by atoms with van der Waals surface area (Å²) in [6.07, 6.45) is 8.12. The molecule has 0 radical (unpaired) electrons. The van der Waals surface area contributed by atoms with Crippen LogP contribution in [0.2, 0.25) is 0 Å². The summed E-state index contributed by atoms with van der Waals surface area (Å²) < 4.78 is 26.0. The average molecular weight is 443 g/mol. The van der Waals surface area contributed by atoms with Gasteiger partial charge in [-0.2, -0.15) is 0 Å². The first-order valence-electron chi connectivity index (χ1n) is 11.6. The summed E-state index contributed by atoms with van der Waals surface area (Å²) in [6, 6.07) is 9.52. The smallest absolute Gasteiger partial charge is 0.255 e. The molecule has 7 heteroatoms. The predicted molar refractivity (Wildman–Crippen MR) is 123 cm³/mol. The Morgan fingerprint density at radius 1 is 1.09 bits per heavy atom. The molecular weight excluding hydrogens is 410 g/mol. The van der Waals surface area contributed by atoms with Gasteiger partial charge in [-0.3, -0.25) is 9.69 Å². The number of carbonyl (C=O) groups is 1. The van der Waals surface area contributed by atoms with E-state index in [1.807, 2.05) is 17.0 Å². The van der Waals surface area contributed by atoms with Gasteiger partial charge in [-0.1, -0.05) is 43.5 Å². The zero-order valence-corrected chi connectivity index (χ0v) is 18.4. The number of nitrogen functional groups attached to an aromatic ring is 1. The predicted octanol–water partition coefficient (Wildman–Crippen LogP) is 4.49. The molecule has 1 atom stereocenters. The number of aromatic nitrogens is 1. The van der Waals surface area contributed by atoms with Gasteiger partial charge in [0.1, 0.15) is 19.2 Å². The van der Waals surface area contributed by atoms with Crippen molar-refractivity contribution >= 4 is 11.7 Å². The molecule has 4 rings (SSSR count). The van der Waals surface area contributed by atoms with Crippen LogP contribution in [0.5, 0.6) is 0 Å².